The van der Waals surface area contributed by atoms with E-state index in [9.17, 15) is 18.0 Å². The van der Waals surface area contributed by atoms with Crippen LogP contribution in [0.25, 0.3) is 11.3 Å². The molecule has 1 unspecified atom stereocenters. The van der Waals surface area contributed by atoms with E-state index < -0.39 is 18.0 Å². The van der Waals surface area contributed by atoms with Crippen LogP contribution in [-0.2, 0) is 11.0 Å². The molecule has 3 heterocycles. The predicted molar refractivity (Wildman–Crippen MR) is 96.7 cm³/mol. The molecule has 1 aliphatic carbocycles. The molecule has 1 aromatic carbocycles. The number of anilines is 1. The number of aromatic amines is 1. The van der Waals surface area contributed by atoms with Crippen molar-refractivity contribution in [1.29, 1.82) is 0 Å². The number of carbonyl (C=O) groups excluding carboxylic acids is 1. The highest BCUT2D eigenvalue weighted by Crippen LogP contribution is 2.43. The van der Waals surface area contributed by atoms with Crippen LogP contribution in [0.5, 0.6) is 0 Å². The number of aromatic nitrogens is 5. The number of alkyl halides is 3. The van der Waals surface area contributed by atoms with Gasteiger partial charge in [0.05, 0.1) is 11.9 Å². The summed E-state index contributed by atoms with van der Waals surface area (Å²) in [4.78, 5) is 16.4. The third-order valence-electron chi connectivity index (χ3n) is 5.15. The number of rotatable bonds is 2. The van der Waals surface area contributed by atoms with E-state index in [1.54, 1.807) is 0 Å². The summed E-state index contributed by atoms with van der Waals surface area (Å²) in [5, 5.41) is 13.6. The third kappa shape index (κ3) is 2.82. The lowest BCUT2D eigenvalue weighted by Gasteiger charge is -2.32. The van der Waals surface area contributed by atoms with Crippen molar-refractivity contribution in [2.45, 2.75) is 31.5 Å². The monoisotopic (exact) mass is 400 g/mol. The second kappa shape index (κ2) is 6.29. The lowest BCUT2D eigenvalue weighted by atomic mass is 9.85. The molecule has 1 aliphatic heterocycles. The summed E-state index contributed by atoms with van der Waals surface area (Å²) < 4.78 is 41.0. The number of Topliss-reactive ketones (excluding diaryl/α,β-unsaturated/α-hetero) is 1. The van der Waals surface area contributed by atoms with Gasteiger partial charge < -0.3 is 5.32 Å². The van der Waals surface area contributed by atoms with Gasteiger partial charge in [-0.05, 0) is 18.4 Å². The number of benzene rings is 1. The largest absolute Gasteiger partial charge is 0.453 e. The molecule has 2 aromatic heterocycles. The van der Waals surface area contributed by atoms with E-state index >= 15 is 0 Å². The average Bonchev–Trinajstić information content (AvgIpc) is 3.34. The maximum Gasteiger partial charge on any atom is 0.453 e. The van der Waals surface area contributed by atoms with Crippen molar-refractivity contribution in [2.24, 2.45) is 0 Å². The normalized spacial score (nSPS) is 19.0. The minimum absolute atomic E-state index is 0.0315. The molecule has 3 aromatic rings. The summed E-state index contributed by atoms with van der Waals surface area (Å²) >= 11 is 0. The van der Waals surface area contributed by atoms with Crippen molar-refractivity contribution in [3.63, 3.8) is 0 Å². The molecular formula is C19H15F3N6O. The fourth-order valence-electron chi connectivity index (χ4n) is 3.90. The van der Waals surface area contributed by atoms with Crippen LogP contribution >= 0.6 is 0 Å². The Morgan fingerprint density at radius 1 is 1.14 bits per heavy atom. The lowest BCUT2D eigenvalue weighted by Crippen LogP contribution is -2.31. The Labute approximate surface area is 162 Å². The molecule has 29 heavy (non-hydrogen) atoms. The van der Waals surface area contributed by atoms with Crippen LogP contribution in [0.2, 0.25) is 0 Å². The Balaban J connectivity index is 1.73. The third-order valence-corrected chi connectivity index (χ3v) is 5.15. The summed E-state index contributed by atoms with van der Waals surface area (Å²) in [7, 11) is 0. The molecule has 5 rings (SSSR count). The number of hydrogen-bond acceptors (Lipinski definition) is 5. The van der Waals surface area contributed by atoms with E-state index in [0.717, 1.165) is 10.2 Å². The van der Waals surface area contributed by atoms with Crippen molar-refractivity contribution >= 4 is 11.7 Å². The Bertz CT molecular complexity index is 1130. The minimum atomic E-state index is -4.69. The van der Waals surface area contributed by atoms with Gasteiger partial charge in [-0.15, -0.1) is 5.10 Å². The zero-order chi connectivity index (χ0) is 20.2. The van der Waals surface area contributed by atoms with Crippen LogP contribution in [0.3, 0.4) is 0 Å². The standard InChI is InChI=1S/C19H15F3N6O/c20-19(21,22)17-25-18-24-12-7-4-8-13(29)14(12)16(28(18)27-17)11-9-23-26-15(11)10-5-2-1-3-6-10/h1-3,5-6,9,16H,4,7-8H2,(H,23,26)(H,24,25,27). The van der Waals surface area contributed by atoms with Gasteiger partial charge in [0.15, 0.2) is 5.78 Å². The van der Waals surface area contributed by atoms with E-state index in [-0.39, 0.29) is 11.7 Å². The second-order valence-corrected chi connectivity index (χ2v) is 6.96. The van der Waals surface area contributed by atoms with Crippen LogP contribution in [0.4, 0.5) is 19.1 Å². The van der Waals surface area contributed by atoms with Gasteiger partial charge in [-0.3, -0.25) is 9.89 Å². The number of hydrogen-bond donors (Lipinski definition) is 2. The number of halogens is 3. The maximum atomic E-state index is 13.3. The second-order valence-electron chi connectivity index (χ2n) is 6.96. The van der Waals surface area contributed by atoms with Crippen LogP contribution in [-0.4, -0.2) is 30.7 Å². The molecule has 0 radical (unpaired) electrons. The zero-order valence-electron chi connectivity index (χ0n) is 15.0. The maximum absolute atomic E-state index is 13.3. The summed E-state index contributed by atoms with van der Waals surface area (Å²) in [6.45, 7) is 0. The first-order chi connectivity index (χ1) is 13.9. The van der Waals surface area contributed by atoms with Gasteiger partial charge in [0.1, 0.15) is 6.04 Å². The Morgan fingerprint density at radius 3 is 2.69 bits per heavy atom. The van der Waals surface area contributed by atoms with Gasteiger partial charge in [-0.1, -0.05) is 30.3 Å². The molecule has 148 valence electrons. The van der Waals surface area contributed by atoms with E-state index in [4.69, 9.17) is 0 Å². The smallest absolute Gasteiger partial charge is 0.328 e. The van der Waals surface area contributed by atoms with E-state index in [1.165, 1.54) is 6.20 Å². The molecule has 0 saturated carbocycles. The van der Waals surface area contributed by atoms with Gasteiger partial charge in [-0.2, -0.15) is 23.3 Å². The molecule has 0 bridgehead atoms. The van der Waals surface area contributed by atoms with E-state index in [1.807, 2.05) is 30.3 Å². The van der Waals surface area contributed by atoms with Crippen LogP contribution in [0.15, 0.2) is 47.8 Å². The quantitative estimate of drug-likeness (QED) is 0.685. The summed E-state index contributed by atoms with van der Waals surface area (Å²) in [6, 6.07) is 8.44. The average molecular weight is 400 g/mol. The molecule has 0 fully saturated rings. The Hall–Kier alpha value is -3.43. The summed E-state index contributed by atoms with van der Waals surface area (Å²) in [5.74, 6) is -1.39. The van der Waals surface area contributed by atoms with Crippen molar-refractivity contribution in [2.75, 3.05) is 5.32 Å². The Kier molecular flexibility index (Phi) is 3.83. The van der Waals surface area contributed by atoms with Crippen LogP contribution < -0.4 is 5.32 Å². The molecule has 0 spiro atoms. The molecular weight excluding hydrogens is 385 g/mol. The molecule has 0 amide bonds. The molecule has 1 atom stereocenters. The van der Waals surface area contributed by atoms with Crippen molar-refractivity contribution in [1.82, 2.24) is 25.0 Å². The topological polar surface area (TPSA) is 88.5 Å². The Morgan fingerprint density at radius 2 is 1.93 bits per heavy atom. The highest BCUT2D eigenvalue weighted by molar-refractivity contribution is 5.99. The number of nitrogens with zero attached hydrogens (tertiary/aromatic N) is 4. The number of ketones is 1. The van der Waals surface area contributed by atoms with Gasteiger partial charge >= 0.3 is 6.18 Å². The zero-order valence-corrected chi connectivity index (χ0v) is 15.0. The highest BCUT2D eigenvalue weighted by Gasteiger charge is 2.43. The van der Waals surface area contributed by atoms with Gasteiger partial charge in [0.2, 0.25) is 5.95 Å². The van der Waals surface area contributed by atoms with Gasteiger partial charge in [0.25, 0.3) is 5.82 Å². The number of H-pyrrole nitrogens is 1. The van der Waals surface area contributed by atoms with Crippen molar-refractivity contribution < 1.29 is 18.0 Å². The van der Waals surface area contributed by atoms with Crippen LogP contribution in [0, 0.1) is 0 Å². The molecule has 0 saturated heterocycles. The van der Waals surface area contributed by atoms with Gasteiger partial charge in [0, 0.05) is 23.3 Å². The SMILES string of the molecule is O=C1CCCC2=C1C(c1cn[nH]c1-c1ccccc1)n1nc(C(F)(F)F)nc1N2. The highest BCUT2D eigenvalue weighted by atomic mass is 19.4. The first-order valence-electron chi connectivity index (χ1n) is 9.09. The molecule has 10 heteroatoms. The number of carbonyl (C=O) groups is 1. The van der Waals surface area contributed by atoms with E-state index in [0.29, 0.717) is 41.8 Å². The number of nitrogens with one attached hydrogen (secondary N) is 2. The molecule has 7 nitrogen and oxygen atoms in total. The number of allylic oxidation sites excluding steroid dienone is 2. The first-order valence-corrected chi connectivity index (χ1v) is 9.09. The van der Waals surface area contributed by atoms with Crippen molar-refractivity contribution in [3.05, 3.63) is 59.2 Å². The first kappa shape index (κ1) is 17.7. The van der Waals surface area contributed by atoms with Crippen LogP contribution in [0.1, 0.15) is 36.7 Å². The summed E-state index contributed by atoms with van der Waals surface area (Å²) in [6.07, 6.45) is -1.63. The minimum Gasteiger partial charge on any atom is -0.328 e. The van der Waals surface area contributed by atoms with E-state index in [2.05, 4.69) is 25.6 Å². The van der Waals surface area contributed by atoms with Crippen molar-refractivity contribution in [3.8, 4) is 11.3 Å². The fraction of sp³-hybridized carbons (Fsp3) is 0.263. The lowest BCUT2D eigenvalue weighted by molar-refractivity contribution is -0.145. The molecule has 2 N–H and O–H groups in total. The van der Waals surface area contributed by atoms with Gasteiger partial charge in [-0.25, -0.2) is 4.68 Å². The predicted octanol–water partition coefficient (Wildman–Crippen LogP) is 3.71. The summed E-state index contributed by atoms with van der Waals surface area (Å²) in [5.41, 5.74) is 3.01. The fourth-order valence-corrected chi connectivity index (χ4v) is 3.90. The molecule has 2 aliphatic rings. The number of fused-ring (bicyclic) bond motifs is 1.